The molecule has 190 valence electrons. The van der Waals surface area contributed by atoms with Crippen LogP contribution in [-0.4, -0.2) is 25.9 Å². The van der Waals surface area contributed by atoms with Gasteiger partial charge in [-0.2, -0.15) is 21.6 Å². The summed E-state index contributed by atoms with van der Waals surface area (Å²) < 4.78 is 65.2. The lowest BCUT2D eigenvalue weighted by Crippen LogP contribution is -2.43. The molecule has 0 unspecified atom stereocenters. The number of carbonyl (C=O) groups is 1. The summed E-state index contributed by atoms with van der Waals surface area (Å²) >= 11 is 12.6. The van der Waals surface area contributed by atoms with Crippen LogP contribution in [0, 0.1) is 11.3 Å². The third kappa shape index (κ3) is 4.51. The van der Waals surface area contributed by atoms with Crippen molar-refractivity contribution in [1.29, 1.82) is 0 Å². The Morgan fingerprint density at radius 1 is 1.14 bits per heavy atom. The molecule has 1 aliphatic heterocycles. The third-order valence-electron chi connectivity index (χ3n) is 7.46. The number of carbonyl (C=O) groups excluding carboxylic acids is 1. The van der Waals surface area contributed by atoms with E-state index in [0.717, 1.165) is 11.6 Å². The Balaban J connectivity index is 1.77. The van der Waals surface area contributed by atoms with Crippen LogP contribution in [-0.2, 0) is 14.9 Å². The van der Waals surface area contributed by atoms with E-state index in [1.165, 1.54) is 12.1 Å². The van der Waals surface area contributed by atoms with Gasteiger partial charge in [-0.1, -0.05) is 48.3 Å². The summed E-state index contributed by atoms with van der Waals surface area (Å²) in [6.07, 6.45) is 1.90. The fraction of sp³-hybridized carbons (Fsp3) is 0.458. The standard InChI is InChI=1S/C24H24Cl2F3NO4S/c1-3-23-11-10-18(17-9-8-16(12-19(17)26)34-35(32,33)24(27,28)29)20(14-4-6-15(25)7-5-14)21(23)13(2)30-22(23)31/h4-9,12-13,18,20-21H,3,10-11H2,1-2H3,(H,30,31)/t13-,18+,20+,21+,23-/m1/s1. The molecule has 4 rings (SSSR count). The lowest BCUT2D eigenvalue weighted by molar-refractivity contribution is -0.131. The first-order valence-electron chi connectivity index (χ1n) is 11.2. The molecule has 1 N–H and O–H groups in total. The van der Waals surface area contributed by atoms with Crippen molar-refractivity contribution in [3.63, 3.8) is 0 Å². The Morgan fingerprint density at radius 2 is 1.80 bits per heavy atom. The highest BCUT2D eigenvalue weighted by Gasteiger charge is 2.59. The topological polar surface area (TPSA) is 72.5 Å². The average molecular weight is 550 g/mol. The van der Waals surface area contributed by atoms with Gasteiger partial charge in [0, 0.05) is 28.1 Å². The largest absolute Gasteiger partial charge is 0.534 e. The average Bonchev–Trinajstić information content (AvgIpc) is 3.03. The number of benzene rings is 2. The second-order valence-electron chi connectivity index (χ2n) is 9.19. The minimum absolute atomic E-state index is 0.0297. The van der Waals surface area contributed by atoms with Crippen molar-refractivity contribution in [3.8, 4) is 5.75 Å². The number of halogens is 5. The Kier molecular flexibility index (Phi) is 6.83. The highest BCUT2D eigenvalue weighted by Crippen LogP contribution is 2.60. The summed E-state index contributed by atoms with van der Waals surface area (Å²) in [6, 6.07) is 11.1. The van der Waals surface area contributed by atoms with E-state index >= 15 is 0 Å². The monoisotopic (exact) mass is 549 g/mol. The van der Waals surface area contributed by atoms with Gasteiger partial charge in [0.25, 0.3) is 0 Å². The summed E-state index contributed by atoms with van der Waals surface area (Å²) in [4.78, 5) is 13.0. The zero-order valence-corrected chi connectivity index (χ0v) is 21.2. The molecule has 11 heteroatoms. The van der Waals surface area contributed by atoms with Gasteiger partial charge in [-0.05, 0) is 67.3 Å². The quantitative estimate of drug-likeness (QED) is 0.345. The molecule has 5 nitrogen and oxygen atoms in total. The zero-order valence-electron chi connectivity index (χ0n) is 18.9. The van der Waals surface area contributed by atoms with Gasteiger partial charge in [0.2, 0.25) is 5.91 Å². The molecule has 2 aromatic carbocycles. The van der Waals surface area contributed by atoms with E-state index < -0.39 is 26.8 Å². The SMILES string of the molecule is CC[C@@]12CC[C@@H](c3ccc(OS(=O)(=O)C(F)(F)F)cc3Cl)[C@H](c3ccc(Cl)cc3)[C@@H]1[C@@H](C)NC2=O. The van der Waals surface area contributed by atoms with Crippen LogP contribution in [0.15, 0.2) is 42.5 Å². The van der Waals surface area contributed by atoms with E-state index in [-0.39, 0.29) is 34.7 Å². The highest BCUT2D eigenvalue weighted by molar-refractivity contribution is 7.88. The second kappa shape index (κ2) is 9.16. The first-order valence-corrected chi connectivity index (χ1v) is 13.3. The lowest BCUT2D eigenvalue weighted by atomic mass is 9.54. The molecule has 1 saturated heterocycles. The lowest BCUT2D eigenvalue weighted by Gasteiger charge is -2.47. The van der Waals surface area contributed by atoms with Crippen LogP contribution in [0.3, 0.4) is 0 Å². The van der Waals surface area contributed by atoms with Crippen molar-refractivity contribution in [1.82, 2.24) is 5.32 Å². The summed E-state index contributed by atoms with van der Waals surface area (Å²) in [6.45, 7) is 3.98. The van der Waals surface area contributed by atoms with Crippen LogP contribution in [0.5, 0.6) is 5.75 Å². The molecule has 2 aliphatic rings. The fourth-order valence-electron chi connectivity index (χ4n) is 5.93. The molecule has 1 heterocycles. The molecule has 1 amide bonds. The van der Waals surface area contributed by atoms with Gasteiger partial charge >= 0.3 is 15.6 Å². The van der Waals surface area contributed by atoms with E-state index in [4.69, 9.17) is 23.2 Å². The van der Waals surface area contributed by atoms with Crippen LogP contribution in [0.2, 0.25) is 10.0 Å². The van der Waals surface area contributed by atoms with Crippen molar-refractivity contribution in [3.05, 3.63) is 63.6 Å². The first kappa shape index (κ1) is 26.1. The number of nitrogens with one attached hydrogen (secondary N) is 1. The minimum atomic E-state index is -5.82. The molecular weight excluding hydrogens is 526 g/mol. The Hall–Kier alpha value is -1.97. The maximum Gasteiger partial charge on any atom is 0.534 e. The van der Waals surface area contributed by atoms with E-state index in [1.807, 2.05) is 26.0 Å². The minimum Gasteiger partial charge on any atom is -0.376 e. The second-order valence-corrected chi connectivity index (χ2v) is 11.6. The Labute approximate surface area is 212 Å². The van der Waals surface area contributed by atoms with Crippen molar-refractivity contribution in [2.24, 2.45) is 11.3 Å². The van der Waals surface area contributed by atoms with Crippen molar-refractivity contribution in [2.75, 3.05) is 0 Å². The van der Waals surface area contributed by atoms with Gasteiger partial charge in [0.1, 0.15) is 5.75 Å². The van der Waals surface area contributed by atoms with Gasteiger partial charge in [-0.3, -0.25) is 4.79 Å². The molecule has 2 aromatic rings. The number of fused-ring (bicyclic) bond motifs is 1. The Bertz CT molecular complexity index is 1240. The van der Waals surface area contributed by atoms with E-state index in [2.05, 4.69) is 9.50 Å². The highest BCUT2D eigenvalue weighted by atomic mass is 35.5. The first-order chi connectivity index (χ1) is 16.3. The number of amides is 1. The number of alkyl halides is 3. The van der Waals surface area contributed by atoms with Gasteiger partial charge < -0.3 is 9.50 Å². The van der Waals surface area contributed by atoms with E-state index in [1.54, 1.807) is 12.1 Å². The van der Waals surface area contributed by atoms with Crippen LogP contribution >= 0.6 is 23.2 Å². The molecular formula is C24H24Cl2F3NO4S. The molecule has 0 spiro atoms. The third-order valence-corrected chi connectivity index (χ3v) is 9.01. The molecule has 1 saturated carbocycles. The predicted octanol–water partition coefficient (Wildman–Crippen LogP) is 6.41. The summed E-state index contributed by atoms with van der Waals surface area (Å²) in [5.41, 5.74) is -4.47. The fourth-order valence-corrected chi connectivity index (χ4v) is 6.82. The van der Waals surface area contributed by atoms with Crippen LogP contribution < -0.4 is 9.50 Å². The summed E-state index contributed by atoms with van der Waals surface area (Å²) in [5, 5.41) is 3.77. The maximum absolute atomic E-state index is 13.0. The van der Waals surface area contributed by atoms with Gasteiger partial charge in [0.05, 0.1) is 5.41 Å². The maximum atomic E-state index is 13.0. The van der Waals surface area contributed by atoms with Crippen molar-refractivity contribution in [2.45, 2.75) is 56.5 Å². The van der Waals surface area contributed by atoms with E-state index in [9.17, 15) is 26.4 Å². The summed E-state index contributed by atoms with van der Waals surface area (Å²) in [5.74, 6) is -0.863. The predicted molar refractivity (Wildman–Crippen MR) is 127 cm³/mol. The van der Waals surface area contributed by atoms with Crippen LogP contribution in [0.1, 0.15) is 56.1 Å². The molecule has 2 fully saturated rings. The summed E-state index contributed by atoms with van der Waals surface area (Å²) in [7, 11) is -5.82. The number of rotatable bonds is 5. The van der Waals surface area contributed by atoms with Gasteiger partial charge in [0.15, 0.2) is 0 Å². The van der Waals surface area contributed by atoms with Gasteiger partial charge in [-0.25, -0.2) is 0 Å². The molecule has 0 bridgehead atoms. The van der Waals surface area contributed by atoms with Crippen LogP contribution in [0.4, 0.5) is 13.2 Å². The molecule has 35 heavy (non-hydrogen) atoms. The van der Waals surface area contributed by atoms with Crippen LogP contribution in [0.25, 0.3) is 0 Å². The van der Waals surface area contributed by atoms with Crippen molar-refractivity contribution >= 4 is 39.2 Å². The molecule has 5 atom stereocenters. The van der Waals surface area contributed by atoms with Gasteiger partial charge in [-0.15, -0.1) is 0 Å². The van der Waals surface area contributed by atoms with Crippen molar-refractivity contribution < 1.29 is 30.6 Å². The molecule has 0 radical (unpaired) electrons. The number of hydrogen-bond acceptors (Lipinski definition) is 4. The smallest absolute Gasteiger partial charge is 0.376 e. The molecule has 1 aliphatic carbocycles. The Morgan fingerprint density at radius 3 is 2.37 bits per heavy atom. The normalized spacial score (nSPS) is 28.9. The zero-order chi connectivity index (χ0) is 25.8. The van der Waals surface area contributed by atoms with E-state index in [0.29, 0.717) is 29.8 Å². The number of hydrogen-bond donors (Lipinski definition) is 1. The molecule has 0 aromatic heterocycles.